The first-order chi connectivity index (χ1) is 11.4. The summed E-state index contributed by atoms with van der Waals surface area (Å²) < 4.78 is 31.0. The highest BCUT2D eigenvalue weighted by molar-refractivity contribution is 7.92. The second kappa shape index (κ2) is 6.48. The SMILES string of the molecule is CC(C)n1cc(S(=O)(=O)Nc2cccc(Cn3cccn3)c2)cn1. The van der Waals surface area contributed by atoms with Crippen molar-refractivity contribution in [2.45, 2.75) is 31.3 Å². The van der Waals surface area contributed by atoms with E-state index in [1.165, 1.54) is 12.4 Å². The molecule has 0 saturated carbocycles. The van der Waals surface area contributed by atoms with Gasteiger partial charge in [-0.15, -0.1) is 0 Å². The van der Waals surface area contributed by atoms with Crippen LogP contribution in [0.15, 0.2) is 60.0 Å². The van der Waals surface area contributed by atoms with E-state index in [0.717, 1.165) is 5.56 Å². The van der Waals surface area contributed by atoms with Gasteiger partial charge in [-0.2, -0.15) is 10.2 Å². The Morgan fingerprint density at radius 2 is 2.04 bits per heavy atom. The minimum atomic E-state index is -3.66. The van der Waals surface area contributed by atoms with Crippen LogP contribution in [-0.4, -0.2) is 28.0 Å². The number of nitrogens with one attached hydrogen (secondary N) is 1. The summed E-state index contributed by atoms with van der Waals surface area (Å²) >= 11 is 0. The maximum Gasteiger partial charge on any atom is 0.265 e. The van der Waals surface area contributed by atoms with E-state index in [9.17, 15) is 8.42 Å². The van der Waals surface area contributed by atoms with E-state index in [4.69, 9.17) is 0 Å². The number of sulfonamides is 1. The first kappa shape index (κ1) is 16.3. The topological polar surface area (TPSA) is 81.8 Å². The van der Waals surface area contributed by atoms with Crippen molar-refractivity contribution >= 4 is 15.7 Å². The van der Waals surface area contributed by atoms with Gasteiger partial charge in [0.25, 0.3) is 10.0 Å². The lowest BCUT2D eigenvalue weighted by Gasteiger charge is -2.09. The van der Waals surface area contributed by atoms with Crippen LogP contribution in [0, 0.1) is 0 Å². The standard InChI is InChI=1S/C16H19N5O2S/c1-13(2)21-12-16(10-18-21)24(22,23)19-15-6-3-5-14(9-15)11-20-8-4-7-17-20/h3-10,12-13,19H,11H2,1-2H3. The van der Waals surface area contributed by atoms with Crippen LogP contribution in [-0.2, 0) is 16.6 Å². The largest absolute Gasteiger partial charge is 0.280 e. The van der Waals surface area contributed by atoms with Crippen LogP contribution in [0.25, 0.3) is 0 Å². The van der Waals surface area contributed by atoms with Gasteiger partial charge in [0.05, 0.1) is 12.7 Å². The molecule has 2 aromatic heterocycles. The average Bonchev–Trinajstić information content (AvgIpc) is 3.18. The molecule has 24 heavy (non-hydrogen) atoms. The predicted octanol–water partition coefficient (Wildman–Crippen LogP) is 2.51. The minimum Gasteiger partial charge on any atom is -0.280 e. The number of aromatic nitrogens is 4. The maximum absolute atomic E-state index is 12.5. The number of benzene rings is 1. The summed E-state index contributed by atoms with van der Waals surface area (Å²) in [4.78, 5) is 0.147. The molecule has 3 aromatic rings. The number of rotatable bonds is 6. The number of hydrogen-bond donors (Lipinski definition) is 1. The van der Waals surface area contributed by atoms with Crippen LogP contribution in [0.5, 0.6) is 0 Å². The number of hydrogen-bond acceptors (Lipinski definition) is 4. The molecule has 0 amide bonds. The molecule has 0 spiro atoms. The fraction of sp³-hybridized carbons (Fsp3) is 0.250. The molecule has 2 heterocycles. The summed E-state index contributed by atoms with van der Waals surface area (Å²) in [6.07, 6.45) is 6.45. The summed E-state index contributed by atoms with van der Waals surface area (Å²) in [6, 6.07) is 9.21. The first-order valence-corrected chi connectivity index (χ1v) is 9.06. The number of anilines is 1. The average molecular weight is 345 g/mol. The normalized spacial score (nSPS) is 11.8. The van der Waals surface area contributed by atoms with Crippen molar-refractivity contribution in [2.24, 2.45) is 0 Å². The van der Waals surface area contributed by atoms with Gasteiger partial charge in [0.2, 0.25) is 0 Å². The lowest BCUT2D eigenvalue weighted by molar-refractivity contribution is 0.531. The summed E-state index contributed by atoms with van der Waals surface area (Å²) in [6.45, 7) is 4.46. The van der Waals surface area contributed by atoms with Gasteiger partial charge in [0.15, 0.2) is 0 Å². The first-order valence-electron chi connectivity index (χ1n) is 7.57. The molecular weight excluding hydrogens is 326 g/mol. The third kappa shape index (κ3) is 3.65. The fourth-order valence-corrected chi connectivity index (χ4v) is 3.26. The number of nitrogens with zero attached hydrogens (tertiary/aromatic N) is 4. The van der Waals surface area contributed by atoms with Crippen molar-refractivity contribution in [3.8, 4) is 0 Å². The minimum absolute atomic E-state index is 0.103. The van der Waals surface area contributed by atoms with Crippen molar-refractivity contribution in [3.05, 3.63) is 60.7 Å². The Labute approximate surface area is 141 Å². The highest BCUT2D eigenvalue weighted by Gasteiger charge is 2.17. The van der Waals surface area contributed by atoms with Gasteiger partial charge in [-0.1, -0.05) is 12.1 Å². The molecule has 0 aliphatic heterocycles. The van der Waals surface area contributed by atoms with Crippen molar-refractivity contribution < 1.29 is 8.42 Å². The quantitative estimate of drug-likeness (QED) is 0.744. The van der Waals surface area contributed by atoms with E-state index in [0.29, 0.717) is 12.2 Å². The maximum atomic E-state index is 12.5. The molecule has 0 saturated heterocycles. The zero-order valence-electron chi connectivity index (χ0n) is 13.5. The molecule has 0 bridgehead atoms. The highest BCUT2D eigenvalue weighted by atomic mass is 32.2. The van der Waals surface area contributed by atoms with Gasteiger partial charge in [-0.3, -0.25) is 14.1 Å². The predicted molar refractivity (Wildman–Crippen MR) is 91.2 cm³/mol. The zero-order chi connectivity index (χ0) is 17.2. The Bertz CT molecular complexity index is 914. The molecule has 0 radical (unpaired) electrons. The Kier molecular flexibility index (Phi) is 4.39. The molecule has 126 valence electrons. The van der Waals surface area contributed by atoms with Crippen LogP contribution >= 0.6 is 0 Å². The molecule has 3 rings (SSSR count). The fourth-order valence-electron chi connectivity index (χ4n) is 2.27. The van der Waals surface area contributed by atoms with Gasteiger partial charge in [-0.25, -0.2) is 8.42 Å². The summed E-state index contributed by atoms with van der Waals surface area (Å²) in [5.74, 6) is 0. The summed E-state index contributed by atoms with van der Waals surface area (Å²) in [5, 5.41) is 8.23. The molecule has 0 aliphatic rings. The van der Waals surface area contributed by atoms with Crippen LogP contribution in [0.2, 0.25) is 0 Å². The van der Waals surface area contributed by atoms with Crippen LogP contribution < -0.4 is 4.72 Å². The smallest absolute Gasteiger partial charge is 0.265 e. The van der Waals surface area contributed by atoms with E-state index in [-0.39, 0.29) is 10.9 Å². The van der Waals surface area contributed by atoms with Crippen LogP contribution in [0.4, 0.5) is 5.69 Å². The van der Waals surface area contributed by atoms with Crippen molar-refractivity contribution in [2.75, 3.05) is 4.72 Å². The Morgan fingerprint density at radius 1 is 1.21 bits per heavy atom. The van der Waals surface area contributed by atoms with Gasteiger partial charge in [0.1, 0.15) is 4.90 Å². The van der Waals surface area contributed by atoms with Crippen LogP contribution in [0.3, 0.4) is 0 Å². The molecule has 8 heteroatoms. The van der Waals surface area contributed by atoms with E-state index in [2.05, 4.69) is 14.9 Å². The third-order valence-electron chi connectivity index (χ3n) is 3.50. The van der Waals surface area contributed by atoms with Crippen molar-refractivity contribution in [3.63, 3.8) is 0 Å². The second-order valence-corrected chi connectivity index (χ2v) is 7.44. The third-order valence-corrected chi connectivity index (χ3v) is 4.84. The van der Waals surface area contributed by atoms with Gasteiger partial charge >= 0.3 is 0 Å². The Balaban J connectivity index is 1.79. The molecule has 0 unspecified atom stereocenters. The zero-order valence-corrected chi connectivity index (χ0v) is 14.3. The van der Waals surface area contributed by atoms with Gasteiger partial charge in [-0.05, 0) is 37.6 Å². The van der Waals surface area contributed by atoms with Crippen molar-refractivity contribution in [1.29, 1.82) is 0 Å². The van der Waals surface area contributed by atoms with E-state index >= 15 is 0 Å². The molecule has 1 N–H and O–H groups in total. The lowest BCUT2D eigenvalue weighted by atomic mass is 10.2. The molecule has 1 aromatic carbocycles. The molecule has 0 atom stereocenters. The van der Waals surface area contributed by atoms with Crippen LogP contribution in [0.1, 0.15) is 25.5 Å². The van der Waals surface area contributed by atoms with E-state index in [1.54, 1.807) is 27.7 Å². The monoisotopic (exact) mass is 345 g/mol. The summed E-state index contributed by atoms with van der Waals surface area (Å²) in [5.41, 5.74) is 1.47. The molecule has 0 aliphatic carbocycles. The second-order valence-electron chi connectivity index (χ2n) is 5.76. The lowest BCUT2D eigenvalue weighted by Crippen LogP contribution is -2.13. The molecule has 7 nitrogen and oxygen atoms in total. The summed E-state index contributed by atoms with van der Waals surface area (Å²) in [7, 11) is -3.66. The Hall–Kier alpha value is -2.61. The van der Waals surface area contributed by atoms with Gasteiger partial charge in [0, 0.05) is 30.3 Å². The van der Waals surface area contributed by atoms with Gasteiger partial charge < -0.3 is 0 Å². The van der Waals surface area contributed by atoms with Crippen molar-refractivity contribution in [1.82, 2.24) is 19.6 Å². The molecular formula is C16H19N5O2S. The Morgan fingerprint density at radius 3 is 2.71 bits per heavy atom. The molecule has 0 fully saturated rings. The van der Waals surface area contributed by atoms with E-state index in [1.807, 2.05) is 38.2 Å². The highest BCUT2D eigenvalue weighted by Crippen LogP contribution is 2.18. The van der Waals surface area contributed by atoms with E-state index < -0.39 is 10.0 Å².